The van der Waals surface area contributed by atoms with Gasteiger partial charge in [0.2, 0.25) is 0 Å². The number of aryl methyl sites for hydroxylation is 1. The van der Waals surface area contributed by atoms with Gasteiger partial charge in [0.15, 0.2) is 11.6 Å². The fourth-order valence-corrected chi connectivity index (χ4v) is 2.40. The highest BCUT2D eigenvalue weighted by atomic mass is 16.2. The first kappa shape index (κ1) is 13.5. The van der Waals surface area contributed by atoms with Crippen LogP contribution in [0.15, 0.2) is 18.2 Å². The number of nitrogen functional groups attached to an aromatic ring is 1. The number of rotatable bonds is 4. The van der Waals surface area contributed by atoms with Crippen molar-refractivity contribution < 1.29 is 9.90 Å². The molecule has 0 saturated heterocycles. The van der Waals surface area contributed by atoms with E-state index >= 15 is 0 Å². The van der Waals surface area contributed by atoms with Crippen molar-refractivity contribution in [2.45, 2.75) is 19.8 Å². The number of aliphatic hydroxyl groups is 1. The maximum Gasteiger partial charge on any atom is 0.159 e. The van der Waals surface area contributed by atoms with Gasteiger partial charge in [-0.1, -0.05) is 6.07 Å². The van der Waals surface area contributed by atoms with E-state index in [4.69, 9.17) is 10.8 Å². The maximum absolute atomic E-state index is 11.5. The second-order valence-electron chi connectivity index (χ2n) is 5.02. The number of hydrogen-bond acceptors (Lipinski definition) is 5. The third kappa shape index (κ3) is 2.34. The van der Waals surface area contributed by atoms with Crippen molar-refractivity contribution in [2.75, 3.05) is 12.3 Å². The van der Waals surface area contributed by atoms with Crippen LogP contribution in [0.5, 0.6) is 0 Å². The number of nitrogens with one attached hydrogen (secondary N) is 1. The van der Waals surface area contributed by atoms with Gasteiger partial charge in [0.05, 0.1) is 11.0 Å². The lowest BCUT2D eigenvalue weighted by Crippen LogP contribution is -1.96. The Bertz CT molecular complexity index is 838. The molecular weight excluding hydrogens is 268 g/mol. The molecule has 6 heteroatoms. The number of benzene rings is 1. The smallest absolute Gasteiger partial charge is 0.159 e. The number of H-pyrrole nitrogens is 1. The number of nitrogens with zero attached hydrogens (tertiary/aromatic N) is 2. The Balaban J connectivity index is 2.22. The van der Waals surface area contributed by atoms with E-state index in [9.17, 15) is 4.79 Å². The first-order valence-corrected chi connectivity index (χ1v) is 6.80. The molecule has 0 aliphatic heterocycles. The Hall–Kier alpha value is -2.47. The number of pyridine rings is 1. The number of fused-ring (bicyclic) bond motifs is 3. The van der Waals surface area contributed by atoms with Crippen molar-refractivity contribution in [3.63, 3.8) is 0 Å². The van der Waals surface area contributed by atoms with Crippen LogP contribution in [0, 0.1) is 0 Å². The van der Waals surface area contributed by atoms with E-state index in [1.165, 1.54) is 6.92 Å². The van der Waals surface area contributed by atoms with Gasteiger partial charge in [0, 0.05) is 24.0 Å². The zero-order valence-electron chi connectivity index (χ0n) is 11.7. The van der Waals surface area contributed by atoms with Crippen LogP contribution in [0.1, 0.15) is 29.5 Å². The van der Waals surface area contributed by atoms with Gasteiger partial charge in [0.1, 0.15) is 11.3 Å². The van der Waals surface area contributed by atoms with Gasteiger partial charge in [-0.3, -0.25) is 4.79 Å². The SMILES string of the molecule is CC(=O)c1ccc2c(c1)nc(N)c1nc(CCCO)[nH]c12. The zero-order chi connectivity index (χ0) is 15.0. The molecule has 0 spiro atoms. The number of anilines is 1. The molecule has 0 unspecified atom stereocenters. The van der Waals surface area contributed by atoms with Crippen molar-refractivity contribution >= 4 is 33.5 Å². The first-order chi connectivity index (χ1) is 10.1. The van der Waals surface area contributed by atoms with E-state index in [1.54, 1.807) is 12.1 Å². The van der Waals surface area contributed by atoms with E-state index < -0.39 is 0 Å². The lowest BCUT2D eigenvalue weighted by Gasteiger charge is -2.03. The topological polar surface area (TPSA) is 105 Å². The Morgan fingerprint density at radius 3 is 2.90 bits per heavy atom. The lowest BCUT2D eigenvalue weighted by molar-refractivity contribution is 0.101. The summed E-state index contributed by atoms with van der Waals surface area (Å²) in [6.45, 7) is 1.64. The van der Waals surface area contributed by atoms with Crippen LogP contribution in [0.4, 0.5) is 5.82 Å². The normalized spacial score (nSPS) is 11.3. The molecule has 108 valence electrons. The second kappa shape index (κ2) is 5.14. The minimum absolute atomic E-state index is 0.00869. The summed E-state index contributed by atoms with van der Waals surface area (Å²) in [6, 6.07) is 5.37. The lowest BCUT2D eigenvalue weighted by atomic mass is 10.1. The van der Waals surface area contributed by atoms with Crippen LogP contribution in [0.2, 0.25) is 0 Å². The molecule has 0 radical (unpaired) electrons. The monoisotopic (exact) mass is 284 g/mol. The summed E-state index contributed by atoms with van der Waals surface area (Å²) in [5, 5.41) is 9.78. The Morgan fingerprint density at radius 2 is 2.19 bits per heavy atom. The van der Waals surface area contributed by atoms with Crippen LogP contribution in [-0.2, 0) is 6.42 Å². The largest absolute Gasteiger partial charge is 0.396 e. The molecule has 0 bridgehead atoms. The number of aromatic amines is 1. The molecule has 2 heterocycles. The molecule has 3 rings (SSSR count). The van der Waals surface area contributed by atoms with E-state index in [-0.39, 0.29) is 12.4 Å². The third-order valence-corrected chi connectivity index (χ3v) is 3.48. The minimum Gasteiger partial charge on any atom is -0.396 e. The average Bonchev–Trinajstić information content (AvgIpc) is 2.89. The van der Waals surface area contributed by atoms with Crippen molar-refractivity contribution in [1.82, 2.24) is 15.0 Å². The second-order valence-corrected chi connectivity index (χ2v) is 5.02. The number of aromatic nitrogens is 3. The molecule has 3 aromatic rings. The van der Waals surface area contributed by atoms with E-state index in [0.717, 1.165) is 16.7 Å². The molecule has 0 saturated carbocycles. The molecule has 2 aromatic heterocycles. The summed E-state index contributed by atoms with van der Waals surface area (Å²) in [5.41, 5.74) is 8.69. The quantitative estimate of drug-likeness (QED) is 0.634. The van der Waals surface area contributed by atoms with Crippen LogP contribution in [0.3, 0.4) is 0 Å². The standard InChI is InChI=1S/C15H16N4O2/c1-8(21)9-4-5-10-11(7-9)17-15(16)14-13(10)18-12(19-14)3-2-6-20/h4-5,7,20H,2-3,6H2,1H3,(H2,16,17)(H,18,19). The van der Waals surface area contributed by atoms with Gasteiger partial charge in [-0.2, -0.15) is 0 Å². The van der Waals surface area contributed by atoms with E-state index in [2.05, 4.69) is 15.0 Å². The first-order valence-electron chi connectivity index (χ1n) is 6.80. The Labute approximate surface area is 121 Å². The summed E-state index contributed by atoms with van der Waals surface area (Å²) in [7, 11) is 0. The Kier molecular flexibility index (Phi) is 3.31. The molecule has 0 aliphatic rings. The number of nitrogens with two attached hydrogens (primary N) is 1. The van der Waals surface area contributed by atoms with Gasteiger partial charge < -0.3 is 15.8 Å². The summed E-state index contributed by atoms with van der Waals surface area (Å²) in [4.78, 5) is 23.5. The number of aliphatic hydroxyl groups excluding tert-OH is 1. The highest BCUT2D eigenvalue weighted by Gasteiger charge is 2.12. The number of carbonyl (C=O) groups excluding carboxylic acids is 1. The summed E-state index contributed by atoms with van der Waals surface area (Å²) in [5.74, 6) is 1.10. The fraction of sp³-hybridized carbons (Fsp3) is 0.267. The Morgan fingerprint density at radius 1 is 1.38 bits per heavy atom. The molecule has 0 aliphatic carbocycles. The molecule has 0 atom stereocenters. The minimum atomic E-state index is -0.00869. The van der Waals surface area contributed by atoms with Gasteiger partial charge in [-0.25, -0.2) is 9.97 Å². The van der Waals surface area contributed by atoms with Crippen molar-refractivity contribution in [2.24, 2.45) is 0 Å². The number of hydrogen-bond donors (Lipinski definition) is 3. The van der Waals surface area contributed by atoms with Gasteiger partial charge in [-0.15, -0.1) is 0 Å². The zero-order valence-corrected chi connectivity index (χ0v) is 11.7. The van der Waals surface area contributed by atoms with Gasteiger partial charge in [0.25, 0.3) is 0 Å². The highest BCUT2D eigenvalue weighted by Crippen LogP contribution is 2.27. The average molecular weight is 284 g/mol. The number of imidazole rings is 1. The number of carbonyl (C=O) groups is 1. The molecule has 1 aromatic carbocycles. The van der Waals surface area contributed by atoms with E-state index in [0.29, 0.717) is 35.3 Å². The molecule has 4 N–H and O–H groups in total. The molecule has 6 nitrogen and oxygen atoms in total. The molecular formula is C15H16N4O2. The van der Waals surface area contributed by atoms with E-state index in [1.807, 2.05) is 6.07 Å². The highest BCUT2D eigenvalue weighted by molar-refractivity contribution is 6.08. The van der Waals surface area contributed by atoms with Gasteiger partial charge >= 0.3 is 0 Å². The van der Waals surface area contributed by atoms with Gasteiger partial charge in [-0.05, 0) is 25.5 Å². The van der Waals surface area contributed by atoms with Crippen LogP contribution in [0.25, 0.3) is 21.9 Å². The maximum atomic E-state index is 11.5. The van der Waals surface area contributed by atoms with Crippen molar-refractivity contribution in [3.05, 3.63) is 29.6 Å². The van der Waals surface area contributed by atoms with Crippen molar-refractivity contribution in [1.29, 1.82) is 0 Å². The fourth-order valence-electron chi connectivity index (χ4n) is 2.40. The summed E-state index contributed by atoms with van der Waals surface area (Å²) < 4.78 is 0. The van der Waals surface area contributed by atoms with Crippen LogP contribution < -0.4 is 5.73 Å². The summed E-state index contributed by atoms with van der Waals surface area (Å²) >= 11 is 0. The molecule has 0 amide bonds. The molecule has 0 fully saturated rings. The molecule has 21 heavy (non-hydrogen) atoms. The van der Waals surface area contributed by atoms with Crippen LogP contribution in [-0.4, -0.2) is 32.4 Å². The number of Topliss-reactive ketones (excluding diaryl/α,β-unsaturated/α-hetero) is 1. The van der Waals surface area contributed by atoms with Crippen LogP contribution >= 0.6 is 0 Å². The van der Waals surface area contributed by atoms with Crippen molar-refractivity contribution in [3.8, 4) is 0 Å². The summed E-state index contributed by atoms with van der Waals surface area (Å²) in [6.07, 6.45) is 1.29. The third-order valence-electron chi connectivity index (χ3n) is 3.48. The predicted molar refractivity (Wildman–Crippen MR) is 81.2 cm³/mol. The predicted octanol–water partition coefficient (Wildman–Crippen LogP) is 1.82. The number of ketones is 1.